The van der Waals surface area contributed by atoms with Crippen molar-refractivity contribution in [3.05, 3.63) is 18.2 Å². The van der Waals surface area contributed by atoms with E-state index in [-0.39, 0.29) is 0 Å². The van der Waals surface area contributed by atoms with E-state index in [1.165, 1.54) is 37.9 Å². The van der Waals surface area contributed by atoms with Crippen molar-refractivity contribution in [1.82, 2.24) is 14.9 Å². The molecule has 1 fully saturated rings. The minimum Gasteiger partial charge on any atom is -0.333 e. The Hall–Kier alpha value is -0.830. The van der Waals surface area contributed by atoms with Gasteiger partial charge in [-0.25, -0.2) is 4.98 Å². The maximum atomic E-state index is 4.53. The molecule has 1 N–H and O–H groups in total. The monoisotopic (exact) mass is 207 g/mol. The van der Waals surface area contributed by atoms with Gasteiger partial charge in [0.05, 0.1) is 0 Å². The second-order valence-corrected chi connectivity index (χ2v) is 4.42. The van der Waals surface area contributed by atoms with Crippen molar-refractivity contribution < 1.29 is 0 Å². The molecule has 0 bridgehead atoms. The highest BCUT2D eigenvalue weighted by atomic mass is 15.1. The van der Waals surface area contributed by atoms with E-state index in [2.05, 4.69) is 21.1 Å². The second-order valence-electron chi connectivity index (χ2n) is 4.42. The first-order valence-corrected chi connectivity index (χ1v) is 6.07. The zero-order valence-corrected chi connectivity index (χ0v) is 9.58. The van der Waals surface area contributed by atoms with Crippen LogP contribution >= 0.6 is 0 Å². The minimum absolute atomic E-state index is 0.714. The molecule has 0 radical (unpaired) electrons. The highest BCUT2D eigenvalue weighted by Crippen LogP contribution is 2.31. The summed E-state index contributed by atoms with van der Waals surface area (Å²) in [6.07, 6.45) is 10.9. The average molecular weight is 207 g/mol. The van der Waals surface area contributed by atoms with E-state index in [0.29, 0.717) is 5.92 Å². The van der Waals surface area contributed by atoms with Crippen LogP contribution in [0.4, 0.5) is 0 Å². The van der Waals surface area contributed by atoms with E-state index >= 15 is 0 Å². The van der Waals surface area contributed by atoms with E-state index in [4.69, 9.17) is 0 Å². The predicted molar refractivity (Wildman–Crippen MR) is 62.0 cm³/mol. The Labute approximate surface area is 91.9 Å². The van der Waals surface area contributed by atoms with Crippen LogP contribution in [0, 0.1) is 0 Å². The number of nitrogens with one attached hydrogen (secondary N) is 1. The Morgan fingerprint density at radius 2 is 2.20 bits per heavy atom. The smallest absolute Gasteiger partial charge is 0.111 e. The van der Waals surface area contributed by atoms with Crippen molar-refractivity contribution in [3.63, 3.8) is 0 Å². The summed E-state index contributed by atoms with van der Waals surface area (Å²) in [6.45, 7) is 2.07. The first-order valence-electron chi connectivity index (χ1n) is 6.07. The van der Waals surface area contributed by atoms with Gasteiger partial charge in [0.1, 0.15) is 5.82 Å². The zero-order chi connectivity index (χ0) is 10.5. The molecule has 0 unspecified atom stereocenters. The normalized spacial score (nSPS) is 18.2. The minimum atomic E-state index is 0.714. The van der Waals surface area contributed by atoms with E-state index in [0.717, 1.165) is 13.1 Å². The van der Waals surface area contributed by atoms with Crippen LogP contribution in [0.3, 0.4) is 0 Å². The topological polar surface area (TPSA) is 29.9 Å². The molecule has 0 saturated heterocycles. The molecular weight excluding hydrogens is 186 g/mol. The highest BCUT2D eigenvalue weighted by molar-refractivity contribution is 5.01. The van der Waals surface area contributed by atoms with Gasteiger partial charge in [-0.2, -0.15) is 0 Å². The van der Waals surface area contributed by atoms with Gasteiger partial charge in [0, 0.05) is 31.4 Å². The molecule has 3 nitrogen and oxygen atoms in total. The van der Waals surface area contributed by atoms with Crippen molar-refractivity contribution in [2.45, 2.75) is 44.6 Å². The third-order valence-corrected chi connectivity index (χ3v) is 3.32. The lowest BCUT2D eigenvalue weighted by Crippen LogP contribution is -2.18. The molecule has 1 heterocycles. The lowest BCUT2D eigenvalue weighted by atomic mass is 9.88. The van der Waals surface area contributed by atoms with Crippen molar-refractivity contribution >= 4 is 0 Å². The molecule has 0 aromatic carbocycles. The zero-order valence-electron chi connectivity index (χ0n) is 9.58. The molecule has 0 spiro atoms. The van der Waals surface area contributed by atoms with Crippen molar-refractivity contribution in [1.29, 1.82) is 0 Å². The van der Waals surface area contributed by atoms with Crippen LogP contribution in [-0.4, -0.2) is 23.1 Å². The Bertz CT molecular complexity index is 287. The van der Waals surface area contributed by atoms with Gasteiger partial charge in [-0.05, 0) is 19.9 Å². The molecule has 1 aliphatic carbocycles. The molecule has 1 aromatic heterocycles. The predicted octanol–water partition coefficient (Wildman–Crippen LogP) is 2.15. The molecule has 1 saturated carbocycles. The van der Waals surface area contributed by atoms with Crippen molar-refractivity contribution in [2.24, 2.45) is 0 Å². The van der Waals surface area contributed by atoms with E-state index in [9.17, 15) is 0 Å². The van der Waals surface area contributed by atoms with Crippen LogP contribution in [0.5, 0.6) is 0 Å². The summed E-state index contributed by atoms with van der Waals surface area (Å²) in [5, 5.41) is 3.19. The molecule has 1 aromatic rings. The summed E-state index contributed by atoms with van der Waals surface area (Å²) >= 11 is 0. The Morgan fingerprint density at radius 1 is 1.40 bits per heavy atom. The Morgan fingerprint density at radius 3 is 2.93 bits per heavy atom. The highest BCUT2D eigenvalue weighted by Gasteiger charge is 2.19. The van der Waals surface area contributed by atoms with Gasteiger partial charge >= 0.3 is 0 Å². The number of hydrogen-bond acceptors (Lipinski definition) is 2. The van der Waals surface area contributed by atoms with Gasteiger partial charge in [0.2, 0.25) is 0 Å². The van der Waals surface area contributed by atoms with E-state index in [1.54, 1.807) is 0 Å². The third-order valence-electron chi connectivity index (χ3n) is 3.32. The average Bonchev–Trinajstić information content (AvgIpc) is 2.75. The fourth-order valence-electron chi connectivity index (χ4n) is 2.46. The van der Waals surface area contributed by atoms with Crippen LogP contribution in [-0.2, 0) is 6.54 Å². The lowest BCUT2D eigenvalue weighted by Gasteiger charge is -2.22. The van der Waals surface area contributed by atoms with Gasteiger partial charge in [-0.1, -0.05) is 19.3 Å². The first kappa shape index (κ1) is 10.7. The van der Waals surface area contributed by atoms with Crippen LogP contribution in [0.2, 0.25) is 0 Å². The summed E-state index contributed by atoms with van der Waals surface area (Å²) in [7, 11) is 2.00. The van der Waals surface area contributed by atoms with Gasteiger partial charge in [-0.3, -0.25) is 0 Å². The van der Waals surface area contributed by atoms with Gasteiger partial charge in [0.25, 0.3) is 0 Å². The van der Waals surface area contributed by atoms with Crippen molar-refractivity contribution in [2.75, 3.05) is 13.6 Å². The Kier molecular flexibility index (Phi) is 3.78. The molecule has 3 heteroatoms. The number of aromatic nitrogens is 2. The van der Waals surface area contributed by atoms with Gasteiger partial charge < -0.3 is 9.88 Å². The Balaban J connectivity index is 2.02. The molecular formula is C12H21N3. The largest absolute Gasteiger partial charge is 0.333 e. The van der Waals surface area contributed by atoms with Crippen LogP contribution in [0.25, 0.3) is 0 Å². The summed E-state index contributed by atoms with van der Waals surface area (Å²) in [6, 6.07) is 0. The van der Waals surface area contributed by atoms with Crippen LogP contribution in [0.1, 0.15) is 43.8 Å². The number of hydrogen-bond donors (Lipinski definition) is 1. The fraction of sp³-hybridized carbons (Fsp3) is 0.750. The number of nitrogens with zero attached hydrogens (tertiary/aromatic N) is 2. The number of likely N-dealkylation sites (N-methyl/N-ethyl adjacent to an activating group) is 1. The molecule has 15 heavy (non-hydrogen) atoms. The maximum absolute atomic E-state index is 4.53. The molecule has 0 atom stereocenters. The van der Waals surface area contributed by atoms with E-state index < -0.39 is 0 Å². The molecule has 84 valence electrons. The van der Waals surface area contributed by atoms with Crippen molar-refractivity contribution in [3.8, 4) is 0 Å². The number of rotatable bonds is 4. The summed E-state index contributed by atoms with van der Waals surface area (Å²) in [5.41, 5.74) is 0. The molecule has 1 aliphatic rings. The molecule has 0 aliphatic heterocycles. The third kappa shape index (κ3) is 2.59. The quantitative estimate of drug-likeness (QED) is 0.820. The van der Waals surface area contributed by atoms with Gasteiger partial charge in [0.15, 0.2) is 0 Å². The number of imidazole rings is 1. The molecule has 2 rings (SSSR count). The fourth-order valence-corrected chi connectivity index (χ4v) is 2.46. The lowest BCUT2D eigenvalue weighted by molar-refractivity contribution is 0.414. The molecule has 0 amide bonds. The second kappa shape index (κ2) is 5.31. The van der Waals surface area contributed by atoms with E-state index in [1.807, 2.05) is 13.2 Å². The first-order chi connectivity index (χ1) is 7.42. The maximum Gasteiger partial charge on any atom is 0.111 e. The SMILES string of the molecule is CNCCn1ccnc1C1CCCCC1. The summed E-state index contributed by atoms with van der Waals surface area (Å²) in [5.74, 6) is 2.02. The van der Waals surface area contributed by atoms with Crippen LogP contribution in [0.15, 0.2) is 12.4 Å². The summed E-state index contributed by atoms with van der Waals surface area (Å²) < 4.78 is 2.31. The summed E-state index contributed by atoms with van der Waals surface area (Å²) in [4.78, 5) is 4.53. The standard InChI is InChI=1S/C12H21N3/c1-13-7-9-15-10-8-14-12(15)11-5-3-2-4-6-11/h8,10-11,13H,2-7,9H2,1H3. The van der Waals surface area contributed by atoms with Crippen LogP contribution < -0.4 is 5.32 Å². The van der Waals surface area contributed by atoms with Gasteiger partial charge in [-0.15, -0.1) is 0 Å².